The highest BCUT2D eigenvalue weighted by Crippen LogP contribution is 2.34. The number of aliphatic hydroxyl groups is 1. The van der Waals surface area contributed by atoms with Gasteiger partial charge in [0.2, 0.25) is 20.0 Å². The molecule has 0 aromatic heterocycles. The van der Waals surface area contributed by atoms with Crippen molar-refractivity contribution in [3.8, 4) is 17.6 Å². The summed E-state index contributed by atoms with van der Waals surface area (Å²) in [6.45, 7) is 3.02. The van der Waals surface area contributed by atoms with E-state index in [-0.39, 0.29) is 35.2 Å². The van der Waals surface area contributed by atoms with E-state index in [4.69, 9.17) is 9.47 Å². The molecule has 1 aliphatic heterocycles. The lowest BCUT2D eigenvalue weighted by Gasteiger charge is -2.37. The summed E-state index contributed by atoms with van der Waals surface area (Å²) in [5.74, 6) is 4.69. The third kappa shape index (κ3) is 6.49. The number of nitrogens with zero attached hydrogens (tertiary/aromatic N) is 2. The molecule has 3 rings (SSSR count). The van der Waals surface area contributed by atoms with E-state index in [1.165, 1.54) is 42.7 Å². The number of methoxy groups -OCH3 is 1. The normalized spacial score (nSPS) is 20.6. The van der Waals surface area contributed by atoms with E-state index >= 15 is 0 Å². The number of sulfonamides is 2. The smallest absolute Gasteiger partial charge is 0.247 e. The monoisotopic (exact) mass is 554 g/mol. The molecular weight excluding hydrogens is 523 g/mol. The second-order valence-electron chi connectivity index (χ2n) is 8.88. The van der Waals surface area contributed by atoms with Crippen LogP contribution in [0.25, 0.3) is 0 Å². The number of fused-ring (bicyclic) bond motifs is 1. The van der Waals surface area contributed by atoms with E-state index in [2.05, 4.69) is 11.8 Å². The van der Waals surface area contributed by atoms with Crippen molar-refractivity contribution in [2.45, 2.75) is 35.8 Å². The average Bonchev–Trinajstić information content (AvgIpc) is 2.86. The van der Waals surface area contributed by atoms with Crippen molar-refractivity contribution < 1.29 is 35.8 Å². The zero-order chi connectivity index (χ0) is 27.4. The molecule has 1 heterocycles. The van der Waals surface area contributed by atoms with E-state index < -0.39 is 50.5 Å². The molecule has 1 aliphatic rings. The quantitative estimate of drug-likeness (QED) is 0.520. The molecule has 0 amide bonds. The molecule has 3 atom stereocenters. The maximum absolute atomic E-state index is 13.5. The molecular formula is C25H31FN2O7S2. The topological polar surface area (TPSA) is 113 Å². The third-order valence-corrected chi connectivity index (χ3v) is 9.93. The molecule has 0 unspecified atom stereocenters. The number of benzene rings is 2. The van der Waals surface area contributed by atoms with Crippen LogP contribution < -0.4 is 4.74 Å². The molecule has 1 N–H and O–H groups in total. The zero-order valence-corrected chi connectivity index (χ0v) is 22.7. The minimum Gasteiger partial charge on any atom is -0.487 e. The highest BCUT2D eigenvalue weighted by molar-refractivity contribution is 7.89. The van der Waals surface area contributed by atoms with E-state index in [0.717, 1.165) is 16.4 Å². The predicted octanol–water partition coefficient (Wildman–Crippen LogP) is 1.91. The highest BCUT2D eigenvalue weighted by Gasteiger charge is 2.39. The molecule has 0 bridgehead atoms. The fourth-order valence-corrected chi connectivity index (χ4v) is 6.88. The van der Waals surface area contributed by atoms with Gasteiger partial charge in [0, 0.05) is 38.2 Å². The lowest BCUT2D eigenvalue weighted by atomic mass is 10.0. The molecule has 2 aromatic carbocycles. The number of rotatable bonds is 7. The van der Waals surface area contributed by atoms with Gasteiger partial charge in [-0.05, 0) is 49.4 Å². The summed E-state index contributed by atoms with van der Waals surface area (Å²) in [6.07, 6.45) is -0.759. The van der Waals surface area contributed by atoms with Crippen LogP contribution in [0.1, 0.15) is 19.4 Å². The third-order valence-electron chi connectivity index (χ3n) is 6.08. The SMILES string of the molecule is COCC#Cc1ccc2c(c1)O[C@@H](CN(C)S(=O)(=O)c1ccc(F)cc1)[C@H](C)CN([C@H](C)CO)S2(=O)=O. The molecule has 202 valence electrons. The van der Waals surface area contributed by atoms with Crippen molar-refractivity contribution in [1.29, 1.82) is 0 Å². The van der Waals surface area contributed by atoms with Crippen LogP contribution in [-0.2, 0) is 24.8 Å². The van der Waals surface area contributed by atoms with Crippen molar-refractivity contribution in [1.82, 2.24) is 8.61 Å². The highest BCUT2D eigenvalue weighted by atomic mass is 32.2. The van der Waals surface area contributed by atoms with E-state index in [0.29, 0.717) is 5.56 Å². The van der Waals surface area contributed by atoms with Gasteiger partial charge in [-0.3, -0.25) is 0 Å². The van der Waals surface area contributed by atoms with Crippen LogP contribution >= 0.6 is 0 Å². The van der Waals surface area contributed by atoms with Gasteiger partial charge in [0.1, 0.15) is 29.2 Å². The molecule has 0 spiro atoms. The summed E-state index contributed by atoms with van der Waals surface area (Å²) in [7, 11) is -5.14. The number of aliphatic hydroxyl groups excluding tert-OH is 1. The Morgan fingerprint density at radius 1 is 1.27 bits per heavy atom. The fourth-order valence-electron chi connectivity index (χ4n) is 3.87. The molecule has 0 aliphatic carbocycles. The predicted molar refractivity (Wildman–Crippen MR) is 135 cm³/mol. The Labute approximate surface area is 217 Å². The Hall–Kier alpha value is -2.53. The standard InChI is InChI=1S/C25H31FN2O7S2/c1-18-15-28(19(2)17-29)37(32,33)25-12-7-20(6-5-13-34-4)14-23(25)35-24(18)16-27(3)36(30,31)22-10-8-21(26)9-11-22/h7-12,14,18-19,24,29H,13,15-17H2,1-4H3/t18-,19-,24+/m1/s1. The number of ether oxygens (including phenoxy) is 2. The van der Waals surface area contributed by atoms with Gasteiger partial charge in [0.05, 0.1) is 18.0 Å². The summed E-state index contributed by atoms with van der Waals surface area (Å²) >= 11 is 0. The van der Waals surface area contributed by atoms with Crippen molar-refractivity contribution >= 4 is 20.0 Å². The Balaban J connectivity index is 2.04. The Morgan fingerprint density at radius 3 is 2.57 bits per heavy atom. The summed E-state index contributed by atoms with van der Waals surface area (Å²) in [6, 6.07) is 8.22. The second kappa shape index (κ2) is 11.9. The van der Waals surface area contributed by atoms with Gasteiger partial charge in [0.25, 0.3) is 0 Å². The summed E-state index contributed by atoms with van der Waals surface area (Å²) < 4.78 is 80.1. The van der Waals surface area contributed by atoms with Crippen molar-refractivity contribution in [2.75, 3.05) is 40.5 Å². The summed E-state index contributed by atoms with van der Waals surface area (Å²) in [4.78, 5) is -0.185. The van der Waals surface area contributed by atoms with Crippen LogP contribution in [0.15, 0.2) is 52.3 Å². The van der Waals surface area contributed by atoms with Crippen LogP contribution in [-0.4, -0.2) is 83.2 Å². The average molecular weight is 555 g/mol. The molecule has 37 heavy (non-hydrogen) atoms. The minimum absolute atomic E-state index is 0.00595. The van der Waals surface area contributed by atoms with Crippen LogP contribution in [0.3, 0.4) is 0 Å². The fraction of sp³-hybridized carbons (Fsp3) is 0.440. The number of likely N-dealkylation sites (N-methyl/N-ethyl adjacent to an activating group) is 1. The minimum atomic E-state index is -4.05. The first kappa shape index (κ1) is 29.0. The van der Waals surface area contributed by atoms with Gasteiger partial charge >= 0.3 is 0 Å². The van der Waals surface area contributed by atoms with E-state index in [1.807, 2.05) is 0 Å². The van der Waals surface area contributed by atoms with Crippen molar-refractivity contribution in [2.24, 2.45) is 5.92 Å². The number of hydrogen-bond donors (Lipinski definition) is 1. The Kier molecular flexibility index (Phi) is 9.33. The molecule has 0 fully saturated rings. The molecule has 0 saturated heterocycles. The van der Waals surface area contributed by atoms with Gasteiger partial charge in [-0.1, -0.05) is 18.8 Å². The molecule has 0 saturated carbocycles. The van der Waals surface area contributed by atoms with Gasteiger partial charge in [-0.25, -0.2) is 21.2 Å². The lowest BCUT2D eigenvalue weighted by Crippen LogP contribution is -2.50. The molecule has 9 nitrogen and oxygen atoms in total. The maximum atomic E-state index is 13.5. The van der Waals surface area contributed by atoms with Crippen molar-refractivity contribution in [3.05, 3.63) is 53.8 Å². The number of hydrogen-bond acceptors (Lipinski definition) is 7. The van der Waals surface area contributed by atoms with Gasteiger partial charge in [-0.2, -0.15) is 8.61 Å². The Bertz CT molecular complexity index is 1370. The van der Waals surface area contributed by atoms with Gasteiger partial charge in [0.15, 0.2) is 0 Å². The van der Waals surface area contributed by atoms with Crippen molar-refractivity contribution in [3.63, 3.8) is 0 Å². The summed E-state index contributed by atoms with van der Waals surface area (Å²) in [5.41, 5.74) is 0.493. The maximum Gasteiger partial charge on any atom is 0.247 e. The summed E-state index contributed by atoms with van der Waals surface area (Å²) in [5, 5.41) is 9.76. The Morgan fingerprint density at radius 2 is 1.95 bits per heavy atom. The van der Waals surface area contributed by atoms with Crippen LogP contribution in [0.5, 0.6) is 5.75 Å². The molecule has 0 radical (unpaired) electrons. The van der Waals surface area contributed by atoms with E-state index in [1.54, 1.807) is 19.9 Å². The largest absolute Gasteiger partial charge is 0.487 e. The first-order valence-corrected chi connectivity index (χ1v) is 14.4. The second-order valence-corrected chi connectivity index (χ2v) is 12.8. The first-order valence-electron chi connectivity index (χ1n) is 11.5. The van der Waals surface area contributed by atoms with Crippen LogP contribution in [0.4, 0.5) is 4.39 Å². The molecule has 12 heteroatoms. The number of halogens is 1. The van der Waals surface area contributed by atoms with Crippen LogP contribution in [0.2, 0.25) is 0 Å². The van der Waals surface area contributed by atoms with E-state index in [9.17, 15) is 26.3 Å². The van der Waals surface area contributed by atoms with Gasteiger partial charge in [-0.15, -0.1) is 0 Å². The van der Waals surface area contributed by atoms with Gasteiger partial charge < -0.3 is 14.6 Å². The zero-order valence-electron chi connectivity index (χ0n) is 21.1. The lowest BCUT2D eigenvalue weighted by molar-refractivity contribution is 0.0904. The molecule has 2 aromatic rings. The first-order chi connectivity index (χ1) is 17.4. The van der Waals surface area contributed by atoms with Crippen LogP contribution in [0, 0.1) is 23.6 Å².